The molecule has 111 heavy (non-hydrogen) atoms. The monoisotopic (exact) mass is 1750 g/mol. The second-order valence-corrected chi connectivity index (χ2v) is 57.1. The number of rotatable bonds is 13. The fraction of sp³-hybridized carbons (Fsp3) is 0.570. The molecule has 4 fully saturated rings. The van der Waals surface area contributed by atoms with E-state index in [2.05, 4.69) is 234 Å². The van der Waals surface area contributed by atoms with Crippen molar-refractivity contribution in [2.45, 2.75) is 247 Å². The van der Waals surface area contributed by atoms with Crippen molar-refractivity contribution >= 4 is 138 Å². The van der Waals surface area contributed by atoms with Crippen LogP contribution in [-0.4, -0.2) is 129 Å². The first-order valence-corrected chi connectivity index (χ1v) is 55.3. The number of aromatic nitrogens is 6. The molecule has 0 amide bonds. The number of fused-ring (bicyclic) bond motifs is 3. The van der Waals surface area contributed by atoms with Crippen molar-refractivity contribution < 1.29 is 43.3 Å². The van der Waals surface area contributed by atoms with E-state index in [1.165, 1.54) is 107 Å². The Balaban J connectivity index is 0. The molecule has 0 N–H and O–H groups in total. The zero-order chi connectivity index (χ0) is 77.1. The fourth-order valence-electron chi connectivity index (χ4n) is 14.3. The predicted octanol–water partition coefficient (Wildman–Crippen LogP) is 26.2. The van der Waals surface area contributed by atoms with E-state index in [-0.39, 0.29) is 118 Å². The number of para-hydroxylation sites is 6. The van der Waals surface area contributed by atoms with E-state index in [9.17, 15) is 9.13 Å². The average molecular weight is 1750 g/mol. The Morgan fingerprint density at radius 2 is 0.658 bits per heavy atom. The Morgan fingerprint density at radius 1 is 0.369 bits per heavy atom. The summed E-state index contributed by atoms with van der Waals surface area (Å²) in [6.07, 6.45) is 22.3. The van der Waals surface area contributed by atoms with Crippen LogP contribution in [-0.2, 0) is 43.3 Å². The first-order chi connectivity index (χ1) is 48.7. The number of hydrogen-bond donors (Lipinski definition) is 0. The minimum atomic E-state index is -2.44. The standard InChI is InChI=1S/C21H27P.2C15H22N2OP2.C15H22N2P2.C12H25P.2C5H10.CH4.4CH3.2Fe/c1-16(2)21-17(3)14-15-20(21)22(18-10-6-4-7-11-18)19-12-8-5-9-13-19;2*1-15(2,3)19(4)13-14(20(5,6)18)17-12-10-8-7-9-11(12)16-13;1-15(2,3)19(6)14-13(18(4)5)16-11-9-7-8-10-12(11)17-14;1-9(2)11-7-6-8-12(11)13(5)10(3)4;2*1-2-4-5-3-1;;;;;;;/h4-13,16-17,20-21H,14-15H2,1-3H3;2*7-10H,1-6H3;7-10H,1-6H3;9-12H,6-8H2,1-5H3;2*1-5H2;1H4;4*1H3;;/q;;;;;;;;4*-1;2*+2/t;3*19-;;;;;;;;;;/m.000........../s1. The average Bonchev–Trinajstić information content (AvgIpc) is 1.63. The van der Waals surface area contributed by atoms with Gasteiger partial charge >= 0.3 is 34.1 Å². The third-order valence-electron chi connectivity index (χ3n) is 21.4. The number of hydrogen-bond acceptors (Lipinski definition) is 8. The topological polar surface area (TPSA) is 111 Å². The maximum atomic E-state index is 12.6. The van der Waals surface area contributed by atoms with Crippen molar-refractivity contribution in [1.29, 1.82) is 0 Å². The maximum Gasteiger partial charge on any atom is 2.00 e. The normalized spacial score (nSPS) is 18.5. The van der Waals surface area contributed by atoms with Crippen LogP contribution in [0.2, 0.25) is 0 Å². The molecule has 9 atom stereocenters. The number of benzene rings is 5. The van der Waals surface area contributed by atoms with E-state index in [1.807, 2.05) is 60.7 Å². The summed E-state index contributed by atoms with van der Waals surface area (Å²) in [5.41, 5.74) is 14.1. The largest absolute Gasteiger partial charge is 2.00 e. The first kappa shape index (κ1) is 111. The molecule has 0 spiro atoms. The summed E-state index contributed by atoms with van der Waals surface area (Å²) in [5.74, 6) is 4.45. The van der Waals surface area contributed by atoms with Gasteiger partial charge in [-0.2, -0.15) is 0 Å². The van der Waals surface area contributed by atoms with Crippen molar-refractivity contribution in [2.24, 2.45) is 29.6 Å². The van der Waals surface area contributed by atoms with Crippen molar-refractivity contribution in [3.05, 3.63) is 163 Å². The third kappa shape index (κ3) is 33.7. The molecule has 0 aliphatic heterocycles. The van der Waals surface area contributed by atoms with E-state index in [4.69, 9.17) is 19.9 Å². The molecule has 624 valence electrons. The Bertz CT molecular complexity index is 3810. The van der Waals surface area contributed by atoms with Gasteiger partial charge in [-0.1, -0.05) is 318 Å². The van der Waals surface area contributed by atoms with Crippen LogP contribution in [0.1, 0.15) is 215 Å². The van der Waals surface area contributed by atoms with E-state index < -0.39 is 30.1 Å². The minimum absolute atomic E-state index is 0. The van der Waals surface area contributed by atoms with Crippen molar-refractivity contribution in [3.63, 3.8) is 0 Å². The quantitative estimate of drug-likeness (QED) is 0.0638. The van der Waals surface area contributed by atoms with Crippen LogP contribution in [0, 0.1) is 59.3 Å². The van der Waals surface area contributed by atoms with Crippen molar-refractivity contribution in [1.82, 2.24) is 29.9 Å². The van der Waals surface area contributed by atoms with Gasteiger partial charge in [0.05, 0.1) is 54.8 Å². The van der Waals surface area contributed by atoms with E-state index >= 15 is 0 Å². The van der Waals surface area contributed by atoms with Crippen LogP contribution in [0.15, 0.2) is 133 Å². The molecule has 8 nitrogen and oxygen atoms in total. The van der Waals surface area contributed by atoms with E-state index in [1.54, 1.807) is 37.3 Å². The van der Waals surface area contributed by atoms with Gasteiger partial charge in [0.1, 0.15) is 25.2 Å². The molecule has 4 aliphatic rings. The summed E-state index contributed by atoms with van der Waals surface area (Å²) in [6, 6.07) is 46.3. The summed E-state index contributed by atoms with van der Waals surface area (Å²) in [7, 11) is -6.41. The van der Waals surface area contributed by atoms with Crippen LogP contribution in [0.25, 0.3) is 33.1 Å². The van der Waals surface area contributed by atoms with Crippen molar-refractivity contribution in [2.75, 3.05) is 66.6 Å². The van der Waals surface area contributed by atoms with Gasteiger partial charge in [-0.15, -0.1) is 7.92 Å². The van der Waals surface area contributed by atoms with Crippen LogP contribution in [0.4, 0.5) is 0 Å². The second-order valence-electron chi connectivity index (χ2n) is 34.5. The summed E-state index contributed by atoms with van der Waals surface area (Å²) in [5, 5.41) is 3.61. The van der Waals surface area contributed by atoms with Crippen LogP contribution in [0.3, 0.4) is 0 Å². The molecule has 5 aromatic carbocycles. The third-order valence-corrected chi connectivity index (χ3v) is 41.0. The molecule has 18 heteroatoms. The number of nitrogens with zero attached hydrogens (tertiary/aromatic N) is 6. The van der Waals surface area contributed by atoms with Crippen LogP contribution >= 0.6 is 61.8 Å². The summed E-state index contributed by atoms with van der Waals surface area (Å²) < 4.78 is 25.2. The molecule has 8 aromatic rings. The van der Waals surface area contributed by atoms with Gasteiger partial charge in [0.25, 0.3) is 0 Å². The Labute approximate surface area is 712 Å². The Hall–Kier alpha value is -1.80. The van der Waals surface area contributed by atoms with Gasteiger partial charge in [0.15, 0.2) is 0 Å². The molecular weight excluding hydrogens is 1590 g/mol. The molecule has 0 radical (unpaired) electrons. The van der Waals surface area contributed by atoms with E-state index in [0.717, 1.165) is 90.5 Å². The molecule has 4 saturated carbocycles. The van der Waals surface area contributed by atoms with Crippen LogP contribution in [0.5, 0.6) is 0 Å². The zero-order valence-electron chi connectivity index (χ0n) is 74.2. The SMILES string of the molecule is C.C1CCCC1.C1CCCC1.CC(C)C1C(C)CCC1P(c1ccccc1)c1ccccc1.CC(C)C1CCCC1P(C)C(C)C.CP(C)c1nc2ccccc2nc1[P@](C)C(C)(C)C.C[P@@](c1nc2ccccc2nc1P(C)(C)=O)C(C)(C)C.C[P@@](c1nc2ccccc2nc1P(C)(C)=O)C(C)(C)C.[CH3-].[CH3-].[CH3-].[CH3-].[Fe+2].[Fe+2]. The molecule has 0 bridgehead atoms. The molecular formula is C93H154Fe2N6O2P8. The summed E-state index contributed by atoms with van der Waals surface area (Å²) >= 11 is 0. The predicted molar refractivity (Wildman–Crippen MR) is 514 cm³/mol. The van der Waals surface area contributed by atoms with Crippen LogP contribution < -0.4 is 43.2 Å². The Morgan fingerprint density at radius 3 is 0.937 bits per heavy atom. The van der Waals surface area contributed by atoms with E-state index in [0.29, 0.717) is 10.9 Å². The Kier molecular flexibility index (Phi) is 51.7. The van der Waals surface area contributed by atoms with Gasteiger partial charge in [-0.05, 0) is 209 Å². The molecule has 12 rings (SSSR count). The van der Waals surface area contributed by atoms with Gasteiger partial charge in [-0.3, -0.25) is 0 Å². The summed E-state index contributed by atoms with van der Waals surface area (Å²) in [6.45, 7) is 58.0. The van der Waals surface area contributed by atoms with Gasteiger partial charge in [-0.25, -0.2) is 29.9 Å². The smallest absolute Gasteiger partial charge is 0.358 e. The summed E-state index contributed by atoms with van der Waals surface area (Å²) in [4.78, 5) is 28.8. The zero-order valence-corrected chi connectivity index (χ0v) is 83.6. The molecule has 4 aliphatic carbocycles. The maximum absolute atomic E-state index is 12.6. The van der Waals surface area contributed by atoms with Gasteiger partial charge < -0.3 is 38.8 Å². The van der Waals surface area contributed by atoms with Gasteiger partial charge in [0.2, 0.25) is 0 Å². The van der Waals surface area contributed by atoms with Gasteiger partial charge in [0, 0.05) is 0 Å². The molecule has 0 saturated heterocycles. The van der Waals surface area contributed by atoms with Crippen molar-refractivity contribution in [3.8, 4) is 0 Å². The second kappa shape index (κ2) is 51.6. The molecule has 3 aromatic heterocycles. The fourth-order valence-corrected chi connectivity index (χ4v) is 29.8. The molecule has 3 heterocycles. The molecule has 6 unspecified atom stereocenters. The minimum Gasteiger partial charge on any atom is -0.358 e. The first-order valence-electron chi connectivity index (χ1n) is 39.1.